The van der Waals surface area contributed by atoms with Gasteiger partial charge >= 0.3 is 11.9 Å². The molecule has 3 aromatic rings. The molecule has 0 spiro atoms. The van der Waals surface area contributed by atoms with Gasteiger partial charge in [0.15, 0.2) is 0 Å². The van der Waals surface area contributed by atoms with Crippen molar-refractivity contribution in [2.75, 3.05) is 0 Å². The Morgan fingerprint density at radius 1 is 0.714 bits per heavy atom. The number of phenolic OH excluding ortho intramolecular Hbond substituents is 1. The Morgan fingerprint density at radius 3 is 1.81 bits per heavy atom. The SMILES string of the molecule is O=C(O)c1c2ccccc2c(C(=O)O)c2c(O)cccc12. The van der Waals surface area contributed by atoms with Crippen LogP contribution in [0.5, 0.6) is 5.75 Å². The quantitative estimate of drug-likeness (QED) is 0.628. The van der Waals surface area contributed by atoms with Gasteiger partial charge in [0.05, 0.1) is 11.1 Å². The standard InChI is InChI=1S/C16H10O5/c17-11-7-3-6-10-12(15(18)19)8-4-1-2-5-9(8)14(13(10)11)16(20)21/h1-7,17H,(H,18,19)(H,20,21). The summed E-state index contributed by atoms with van der Waals surface area (Å²) in [5.74, 6) is -2.63. The van der Waals surface area contributed by atoms with Crippen molar-refractivity contribution in [2.24, 2.45) is 0 Å². The predicted octanol–water partition coefficient (Wildman–Crippen LogP) is 3.10. The number of benzene rings is 3. The fraction of sp³-hybridized carbons (Fsp3) is 0. The van der Waals surface area contributed by atoms with E-state index in [2.05, 4.69) is 0 Å². The molecule has 0 saturated carbocycles. The van der Waals surface area contributed by atoms with Crippen molar-refractivity contribution in [3.8, 4) is 5.75 Å². The summed E-state index contributed by atoms with van der Waals surface area (Å²) in [7, 11) is 0. The van der Waals surface area contributed by atoms with E-state index in [0.717, 1.165) is 0 Å². The van der Waals surface area contributed by atoms with Crippen LogP contribution in [0.25, 0.3) is 21.5 Å². The van der Waals surface area contributed by atoms with E-state index >= 15 is 0 Å². The van der Waals surface area contributed by atoms with Crippen molar-refractivity contribution < 1.29 is 24.9 Å². The second-order valence-corrected chi connectivity index (χ2v) is 4.61. The number of aromatic hydroxyl groups is 1. The highest BCUT2D eigenvalue weighted by atomic mass is 16.4. The number of hydrogen-bond donors (Lipinski definition) is 3. The van der Waals surface area contributed by atoms with Crippen LogP contribution in [0.15, 0.2) is 42.5 Å². The molecule has 3 aromatic carbocycles. The maximum atomic E-state index is 11.6. The molecule has 0 saturated heterocycles. The van der Waals surface area contributed by atoms with Gasteiger partial charge in [0.2, 0.25) is 0 Å². The minimum atomic E-state index is -1.21. The summed E-state index contributed by atoms with van der Waals surface area (Å²) in [5, 5.41) is 29.8. The maximum absolute atomic E-state index is 11.6. The van der Waals surface area contributed by atoms with Crippen LogP contribution in [0.2, 0.25) is 0 Å². The molecule has 0 fully saturated rings. The van der Waals surface area contributed by atoms with Gasteiger partial charge < -0.3 is 15.3 Å². The summed E-state index contributed by atoms with van der Waals surface area (Å²) < 4.78 is 0. The highest BCUT2D eigenvalue weighted by Crippen LogP contribution is 2.37. The number of hydrogen-bond acceptors (Lipinski definition) is 3. The molecule has 0 aliphatic heterocycles. The van der Waals surface area contributed by atoms with E-state index in [0.29, 0.717) is 5.39 Å². The molecule has 0 radical (unpaired) electrons. The van der Waals surface area contributed by atoms with Gasteiger partial charge in [0, 0.05) is 10.8 Å². The minimum absolute atomic E-state index is 0.0125. The van der Waals surface area contributed by atoms with Crippen LogP contribution in [0.1, 0.15) is 20.7 Å². The van der Waals surface area contributed by atoms with E-state index in [9.17, 15) is 24.9 Å². The Hall–Kier alpha value is -3.08. The molecule has 0 aliphatic rings. The average Bonchev–Trinajstić information content (AvgIpc) is 2.44. The minimum Gasteiger partial charge on any atom is -0.507 e. The molecular formula is C16H10O5. The third-order valence-corrected chi connectivity index (χ3v) is 3.46. The lowest BCUT2D eigenvalue weighted by Gasteiger charge is -2.13. The highest BCUT2D eigenvalue weighted by Gasteiger charge is 2.23. The van der Waals surface area contributed by atoms with Crippen LogP contribution in [0.3, 0.4) is 0 Å². The fourth-order valence-corrected chi connectivity index (χ4v) is 2.66. The summed E-state index contributed by atoms with van der Waals surface area (Å²) in [6.07, 6.45) is 0. The van der Waals surface area contributed by atoms with Gasteiger partial charge in [-0.1, -0.05) is 36.4 Å². The molecule has 3 N–H and O–H groups in total. The number of carboxylic acids is 2. The summed E-state index contributed by atoms with van der Waals surface area (Å²) in [6.45, 7) is 0. The molecule has 5 nitrogen and oxygen atoms in total. The summed E-state index contributed by atoms with van der Waals surface area (Å²) >= 11 is 0. The van der Waals surface area contributed by atoms with Crippen molar-refractivity contribution in [1.82, 2.24) is 0 Å². The Labute approximate surface area is 118 Å². The van der Waals surface area contributed by atoms with Crippen LogP contribution in [-0.4, -0.2) is 27.3 Å². The molecule has 0 unspecified atom stereocenters. The number of fused-ring (bicyclic) bond motifs is 2. The molecular weight excluding hydrogens is 272 g/mol. The van der Waals surface area contributed by atoms with Crippen LogP contribution < -0.4 is 0 Å². The second-order valence-electron chi connectivity index (χ2n) is 4.61. The first-order valence-electron chi connectivity index (χ1n) is 6.15. The van der Waals surface area contributed by atoms with E-state index in [-0.39, 0.29) is 33.0 Å². The largest absolute Gasteiger partial charge is 0.507 e. The predicted molar refractivity (Wildman–Crippen MR) is 77.0 cm³/mol. The number of aromatic carboxylic acids is 2. The molecule has 0 aromatic heterocycles. The summed E-state index contributed by atoms with van der Waals surface area (Å²) in [4.78, 5) is 23.2. The van der Waals surface area contributed by atoms with Crippen molar-refractivity contribution in [1.29, 1.82) is 0 Å². The number of carbonyl (C=O) groups is 2. The summed E-state index contributed by atoms with van der Waals surface area (Å²) in [6, 6.07) is 10.7. The topological polar surface area (TPSA) is 94.8 Å². The van der Waals surface area contributed by atoms with E-state index in [1.807, 2.05) is 0 Å². The van der Waals surface area contributed by atoms with Gasteiger partial charge in [-0.25, -0.2) is 9.59 Å². The molecule has 3 rings (SSSR count). The summed E-state index contributed by atoms with van der Waals surface area (Å²) in [5.41, 5.74) is -0.106. The molecule has 5 heteroatoms. The molecule has 0 aliphatic carbocycles. The van der Waals surface area contributed by atoms with E-state index in [1.54, 1.807) is 18.2 Å². The van der Waals surface area contributed by atoms with Gasteiger partial charge in [-0.15, -0.1) is 0 Å². The van der Waals surface area contributed by atoms with E-state index in [4.69, 9.17) is 0 Å². The number of rotatable bonds is 2. The first kappa shape index (κ1) is 12.9. The van der Waals surface area contributed by atoms with E-state index in [1.165, 1.54) is 24.3 Å². The zero-order chi connectivity index (χ0) is 15.1. The molecule has 0 atom stereocenters. The van der Waals surface area contributed by atoms with Crippen LogP contribution in [-0.2, 0) is 0 Å². The van der Waals surface area contributed by atoms with Gasteiger partial charge in [-0.05, 0) is 16.8 Å². The van der Waals surface area contributed by atoms with Crippen LogP contribution in [0.4, 0.5) is 0 Å². The van der Waals surface area contributed by atoms with E-state index < -0.39 is 11.9 Å². The van der Waals surface area contributed by atoms with Gasteiger partial charge in [0.1, 0.15) is 5.75 Å². The highest BCUT2D eigenvalue weighted by molar-refractivity contribution is 6.25. The Bertz CT molecular complexity index is 911. The third kappa shape index (κ3) is 1.79. The Morgan fingerprint density at radius 2 is 1.24 bits per heavy atom. The van der Waals surface area contributed by atoms with Gasteiger partial charge in [0.25, 0.3) is 0 Å². The molecule has 104 valence electrons. The monoisotopic (exact) mass is 282 g/mol. The maximum Gasteiger partial charge on any atom is 0.337 e. The van der Waals surface area contributed by atoms with Crippen molar-refractivity contribution in [3.05, 3.63) is 53.6 Å². The molecule has 0 bridgehead atoms. The van der Waals surface area contributed by atoms with Crippen molar-refractivity contribution in [2.45, 2.75) is 0 Å². The van der Waals surface area contributed by atoms with Gasteiger partial charge in [-0.2, -0.15) is 0 Å². The first-order chi connectivity index (χ1) is 10.0. The fourth-order valence-electron chi connectivity index (χ4n) is 2.66. The first-order valence-corrected chi connectivity index (χ1v) is 6.15. The van der Waals surface area contributed by atoms with Gasteiger partial charge in [-0.3, -0.25) is 0 Å². The third-order valence-electron chi connectivity index (χ3n) is 3.46. The zero-order valence-electron chi connectivity index (χ0n) is 10.7. The Kier molecular flexibility index (Phi) is 2.76. The Balaban J connectivity index is 2.74. The normalized spacial score (nSPS) is 10.9. The molecule has 21 heavy (non-hydrogen) atoms. The number of carboxylic acid groups (broad SMARTS) is 2. The van der Waals surface area contributed by atoms with Crippen LogP contribution in [0, 0.1) is 0 Å². The smallest absolute Gasteiger partial charge is 0.337 e. The lowest BCUT2D eigenvalue weighted by molar-refractivity contribution is 0.0687. The zero-order valence-corrected chi connectivity index (χ0v) is 10.7. The van der Waals surface area contributed by atoms with Crippen molar-refractivity contribution >= 4 is 33.5 Å². The van der Waals surface area contributed by atoms with Crippen LogP contribution >= 0.6 is 0 Å². The average molecular weight is 282 g/mol. The second kappa shape index (κ2) is 4.49. The lowest BCUT2D eigenvalue weighted by atomic mass is 9.91. The number of phenols is 1. The lowest BCUT2D eigenvalue weighted by Crippen LogP contribution is -2.05. The molecule has 0 heterocycles. The van der Waals surface area contributed by atoms with Crippen molar-refractivity contribution in [3.63, 3.8) is 0 Å². The molecule has 0 amide bonds.